The van der Waals surface area contributed by atoms with Gasteiger partial charge in [0.15, 0.2) is 5.16 Å². The predicted molar refractivity (Wildman–Crippen MR) is 105 cm³/mol. The number of benzene rings is 1. The van der Waals surface area contributed by atoms with E-state index in [1.165, 1.54) is 24.9 Å². The van der Waals surface area contributed by atoms with Gasteiger partial charge in [-0.3, -0.25) is 9.59 Å². The summed E-state index contributed by atoms with van der Waals surface area (Å²) in [6.45, 7) is 3.84. The largest absolute Gasteiger partial charge is 0.495 e. The second-order valence-electron chi connectivity index (χ2n) is 5.74. The van der Waals surface area contributed by atoms with Crippen molar-refractivity contribution in [2.45, 2.75) is 43.5 Å². The molecule has 0 fully saturated rings. The molecule has 1 unspecified atom stereocenters. The molecule has 1 aromatic carbocycles. The molecule has 2 aromatic rings. The second-order valence-corrected chi connectivity index (χ2v) is 7.48. The average Bonchev–Trinajstić information content (AvgIpc) is 2.59. The topological polar surface area (TPSA) is 84.1 Å². The van der Waals surface area contributed by atoms with Gasteiger partial charge < -0.3 is 15.0 Å². The van der Waals surface area contributed by atoms with Crippen molar-refractivity contribution in [1.29, 1.82) is 0 Å². The summed E-state index contributed by atoms with van der Waals surface area (Å²) in [5.41, 5.74) is 1.11. The van der Waals surface area contributed by atoms with Crippen LogP contribution in [0, 0.1) is 0 Å². The van der Waals surface area contributed by atoms with Crippen LogP contribution < -0.4 is 15.6 Å². The third-order valence-corrected chi connectivity index (χ3v) is 4.92. The van der Waals surface area contributed by atoms with Crippen LogP contribution in [0.3, 0.4) is 0 Å². The summed E-state index contributed by atoms with van der Waals surface area (Å²) in [7, 11) is 1.53. The van der Waals surface area contributed by atoms with E-state index in [1.807, 2.05) is 0 Å². The summed E-state index contributed by atoms with van der Waals surface area (Å²) in [6.07, 6.45) is 2.74. The minimum absolute atomic E-state index is 0.205. The van der Waals surface area contributed by atoms with E-state index in [2.05, 4.69) is 22.2 Å². The number of nitrogens with zero attached hydrogens (tertiary/aromatic N) is 1. The highest BCUT2D eigenvalue weighted by Gasteiger charge is 2.17. The van der Waals surface area contributed by atoms with Gasteiger partial charge in [-0.2, -0.15) is 0 Å². The van der Waals surface area contributed by atoms with E-state index in [4.69, 9.17) is 16.3 Å². The third-order valence-electron chi connectivity index (χ3n) is 3.64. The number of carbonyl (C=O) groups is 1. The number of anilines is 1. The number of aromatic amines is 1. The average molecular weight is 396 g/mol. The Kier molecular flexibility index (Phi) is 7.53. The molecule has 6 nitrogen and oxygen atoms in total. The summed E-state index contributed by atoms with van der Waals surface area (Å²) in [6, 6.07) is 6.53. The fourth-order valence-corrected chi connectivity index (χ4v) is 3.32. The van der Waals surface area contributed by atoms with E-state index in [0.717, 1.165) is 25.0 Å². The van der Waals surface area contributed by atoms with Gasteiger partial charge in [-0.15, -0.1) is 0 Å². The van der Waals surface area contributed by atoms with Crippen LogP contribution in [0.15, 0.2) is 34.2 Å². The first-order valence-corrected chi connectivity index (χ1v) is 9.60. The van der Waals surface area contributed by atoms with Crippen molar-refractivity contribution in [2.75, 3.05) is 12.4 Å². The number of aryl methyl sites for hydroxylation is 1. The Labute approximate surface area is 161 Å². The fraction of sp³-hybridized carbons (Fsp3) is 0.389. The van der Waals surface area contributed by atoms with Gasteiger partial charge in [-0.25, -0.2) is 4.98 Å². The predicted octanol–water partition coefficient (Wildman–Crippen LogP) is 3.89. The molecule has 140 valence electrons. The van der Waals surface area contributed by atoms with Crippen LogP contribution in [-0.2, 0) is 11.2 Å². The van der Waals surface area contributed by atoms with Gasteiger partial charge in [0.2, 0.25) is 5.91 Å². The Morgan fingerprint density at radius 2 is 2.19 bits per heavy atom. The zero-order valence-corrected chi connectivity index (χ0v) is 16.5. The molecule has 0 aliphatic rings. The molecule has 0 aliphatic carbocycles. The fourth-order valence-electron chi connectivity index (χ4n) is 2.23. The number of nitrogens with one attached hydrogen (secondary N) is 2. The van der Waals surface area contributed by atoms with Crippen LogP contribution in [0.25, 0.3) is 0 Å². The van der Waals surface area contributed by atoms with Gasteiger partial charge in [0.25, 0.3) is 5.56 Å². The Morgan fingerprint density at radius 1 is 1.42 bits per heavy atom. The maximum atomic E-state index is 12.4. The number of aromatic nitrogens is 2. The molecule has 1 amide bonds. The summed E-state index contributed by atoms with van der Waals surface area (Å²) >= 11 is 7.28. The van der Waals surface area contributed by atoms with Crippen LogP contribution in [-0.4, -0.2) is 28.2 Å². The number of rotatable bonds is 8. The normalized spacial score (nSPS) is 11.8. The summed E-state index contributed by atoms with van der Waals surface area (Å²) in [5, 5.41) is 3.21. The molecule has 26 heavy (non-hydrogen) atoms. The van der Waals surface area contributed by atoms with Gasteiger partial charge >= 0.3 is 0 Å². The number of unbranched alkanes of at least 4 members (excludes halogenated alkanes) is 1. The van der Waals surface area contributed by atoms with Gasteiger partial charge in [0, 0.05) is 17.4 Å². The molecular weight excluding hydrogens is 374 g/mol. The van der Waals surface area contributed by atoms with E-state index in [1.54, 1.807) is 25.1 Å². The lowest BCUT2D eigenvalue weighted by Crippen LogP contribution is -2.23. The molecule has 0 spiro atoms. The monoisotopic (exact) mass is 395 g/mol. The van der Waals surface area contributed by atoms with Crippen molar-refractivity contribution < 1.29 is 9.53 Å². The first-order chi connectivity index (χ1) is 12.4. The molecule has 2 rings (SSSR count). The number of H-pyrrole nitrogens is 1. The Bertz CT molecular complexity index is 826. The number of halogens is 1. The number of ether oxygens (including phenoxy) is 1. The summed E-state index contributed by atoms with van der Waals surface area (Å²) < 4.78 is 5.09. The molecular formula is C18H22ClN3O3S. The molecule has 2 N–H and O–H groups in total. The second kappa shape index (κ2) is 9.64. The quantitative estimate of drug-likeness (QED) is 0.523. The van der Waals surface area contributed by atoms with E-state index < -0.39 is 5.25 Å². The number of thioether (sulfide) groups is 1. The van der Waals surface area contributed by atoms with Crippen molar-refractivity contribution in [2.24, 2.45) is 0 Å². The van der Waals surface area contributed by atoms with E-state index in [9.17, 15) is 9.59 Å². The van der Waals surface area contributed by atoms with Crippen molar-refractivity contribution in [3.63, 3.8) is 0 Å². The number of hydrogen-bond acceptors (Lipinski definition) is 5. The molecule has 1 atom stereocenters. The highest BCUT2D eigenvalue weighted by molar-refractivity contribution is 8.00. The molecule has 8 heteroatoms. The van der Waals surface area contributed by atoms with Gasteiger partial charge in [-0.1, -0.05) is 36.7 Å². The lowest BCUT2D eigenvalue weighted by Gasteiger charge is -2.13. The van der Waals surface area contributed by atoms with Crippen LogP contribution in [0.2, 0.25) is 5.02 Å². The number of methoxy groups -OCH3 is 1. The zero-order chi connectivity index (χ0) is 19.1. The molecule has 0 bridgehead atoms. The zero-order valence-electron chi connectivity index (χ0n) is 15.0. The van der Waals surface area contributed by atoms with E-state index >= 15 is 0 Å². The molecule has 0 saturated carbocycles. The minimum atomic E-state index is -0.444. The number of hydrogen-bond donors (Lipinski definition) is 2. The maximum absolute atomic E-state index is 12.4. The Morgan fingerprint density at radius 3 is 2.85 bits per heavy atom. The molecule has 0 saturated heterocycles. The molecule has 0 radical (unpaired) electrons. The first kappa shape index (κ1) is 20.3. The highest BCUT2D eigenvalue weighted by Crippen LogP contribution is 2.28. The van der Waals surface area contributed by atoms with Crippen LogP contribution in [0.1, 0.15) is 32.4 Å². The summed E-state index contributed by atoms with van der Waals surface area (Å²) in [4.78, 5) is 31.3. The molecule has 0 aliphatic heterocycles. The standard InChI is InChI=1S/C18H22ClN3O3S/c1-4-5-6-12-10-16(23)22-18(21-12)26-11(2)17(24)20-13-7-8-15(25-3)14(19)9-13/h7-11H,4-6H2,1-3H3,(H,20,24)(H,21,22,23). The van der Waals surface area contributed by atoms with Crippen molar-refractivity contribution in [3.05, 3.63) is 45.3 Å². The first-order valence-electron chi connectivity index (χ1n) is 8.34. The number of amides is 1. The van der Waals surface area contributed by atoms with E-state index in [0.29, 0.717) is 21.6 Å². The van der Waals surface area contributed by atoms with Crippen molar-refractivity contribution >= 4 is 35.0 Å². The summed E-state index contributed by atoms with van der Waals surface area (Å²) in [5.74, 6) is 0.329. The lowest BCUT2D eigenvalue weighted by atomic mass is 10.2. The minimum Gasteiger partial charge on any atom is -0.495 e. The lowest BCUT2D eigenvalue weighted by molar-refractivity contribution is -0.115. The van der Waals surface area contributed by atoms with Crippen LogP contribution in [0.4, 0.5) is 5.69 Å². The van der Waals surface area contributed by atoms with Crippen LogP contribution in [0.5, 0.6) is 5.75 Å². The third kappa shape index (κ3) is 5.78. The van der Waals surface area contributed by atoms with Crippen LogP contribution >= 0.6 is 23.4 Å². The van der Waals surface area contributed by atoms with Crippen molar-refractivity contribution in [1.82, 2.24) is 9.97 Å². The van der Waals surface area contributed by atoms with E-state index in [-0.39, 0.29) is 11.5 Å². The van der Waals surface area contributed by atoms with Gasteiger partial charge in [0.05, 0.1) is 17.4 Å². The highest BCUT2D eigenvalue weighted by atomic mass is 35.5. The maximum Gasteiger partial charge on any atom is 0.251 e. The Hall–Kier alpha value is -1.99. The SMILES string of the molecule is CCCCc1cc(=O)[nH]c(SC(C)C(=O)Nc2ccc(OC)c(Cl)c2)n1. The smallest absolute Gasteiger partial charge is 0.251 e. The van der Waals surface area contributed by atoms with Gasteiger partial charge in [-0.05, 0) is 38.0 Å². The van der Waals surface area contributed by atoms with Gasteiger partial charge in [0.1, 0.15) is 5.75 Å². The molecule has 1 aromatic heterocycles. The Balaban J connectivity index is 2.03. The van der Waals surface area contributed by atoms with Crippen molar-refractivity contribution in [3.8, 4) is 5.75 Å². The number of carbonyl (C=O) groups excluding carboxylic acids is 1. The molecule has 1 heterocycles.